The predicted molar refractivity (Wildman–Crippen MR) is 111 cm³/mol. The summed E-state index contributed by atoms with van der Waals surface area (Å²) in [6, 6.07) is 15.7. The van der Waals surface area contributed by atoms with Crippen molar-refractivity contribution in [2.75, 3.05) is 38.8 Å². The molecule has 2 aromatic carbocycles. The second kappa shape index (κ2) is 8.36. The van der Waals surface area contributed by atoms with Gasteiger partial charge in [-0.05, 0) is 35.4 Å². The lowest BCUT2D eigenvalue weighted by Gasteiger charge is -2.24. The number of ether oxygens (including phenoxy) is 2. The van der Waals surface area contributed by atoms with E-state index >= 15 is 0 Å². The van der Waals surface area contributed by atoms with Crippen molar-refractivity contribution >= 4 is 11.7 Å². The number of carbonyl (C=O) groups is 1. The minimum Gasteiger partial charge on any atom is -0.497 e. The number of H-pyrrole nitrogens is 1. The van der Waals surface area contributed by atoms with Crippen molar-refractivity contribution in [3.63, 3.8) is 0 Å². The van der Waals surface area contributed by atoms with E-state index < -0.39 is 0 Å². The van der Waals surface area contributed by atoms with E-state index in [4.69, 9.17) is 9.47 Å². The number of aromatic amines is 1. The molecule has 3 aromatic rings. The smallest absolute Gasteiger partial charge is 0.324 e. The number of amides is 2. The van der Waals surface area contributed by atoms with E-state index in [-0.39, 0.29) is 12.1 Å². The van der Waals surface area contributed by atoms with Crippen molar-refractivity contribution in [3.05, 3.63) is 66.5 Å². The molecule has 4 rings (SSSR count). The van der Waals surface area contributed by atoms with Gasteiger partial charge >= 0.3 is 6.03 Å². The quantitative estimate of drug-likeness (QED) is 0.665. The summed E-state index contributed by atoms with van der Waals surface area (Å²) < 4.78 is 11.0. The van der Waals surface area contributed by atoms with Gasteiger partial charge in [-0.2, -0.15) is 5.10 Å². The Labute approximate surface area is 169 Å². The van der Waals surface area contributed by atoms with Crippen LogP contribution in [0.1, 0.15) is 11.7 Å². The first-order chi connectivity index (χ1) is 14.2. The molecule has 1 aliphatic heterocycles. The Morgan fingerprint density at radius 2 is 1.93 bits per heavy atom. The van der Waals surface area contributed by atoms with Crippen LogP contribution in [0.25, 0.3) is 11.1 Å². The van der Waals surface area contributed by atoms with Crippen LogP contribution in [0.2, 0.25) is 0 Å². The standard InChI is InChI=1S/C22H24N4O3/c1-28-20-5-3-4-17(12-20)21(29-2)15-25-10-11-26(22(25)27)19-8-6-16(7-9-19)18-13-23-24-14-18/h3-9,12-14,21H,10-11,15H2,1-2H3,(H,23,24)/t21-/m0/s1. The van der Waals surface area contributed by atoms with Gasteiger partial charge in [0.2, 0.25) is 0 Å². The van der Waals surface area contributed by atoms with Crippen LogP contribution in [0, 0.1) is 0 Å². The fourth-order valence-corrected chi connectivity index (χ4v) is 3.59. The third-order valence-corrected chi connectivity index (χ3v) is 5.24. The van der Waals surface area contributed by atoms with Crippen molar-refractivity contribution < 1.29 is 14.3 Å². The highest BCUT2D eigenvalue weighted by Gasteiger charge is 2.31. The molecule has 29 heavy (non-hydrogen) atoms. The number of benzene rings is 2. The van der Waals surface area contributed by atoms with Gasteiger partial charge in [0.05, 0.1) is 26.0 Å². The van der Waals surface area contributed by atoms with Crippen molar-refractivity contribution in [3.8, 4) is 16.9 Å². The maximum absolute atomic E-state index is 13.0. The van der Waals surface area contributed by atoms with Gasteiger partial charge in [-0.3, -0.25) is 10.00 Å². The van der Waals surface area contributed by atoms with Crippen molar-refractivity contribution in [2.45, 2.75) is 6.10 Å². The molecular weight excluding hydrogens is 368 g/mol. The minimum atomic E-state index is -0.211. The van der Waals surface area contributed by atoms with Gasteiger partial charge in [-0.15, -0.1) is 0 Å². The van der Waals surface area contributed by atoms with E-state index in [1.54, 1.807) is 25.3 Å². The predicted octanol–water partition coefficient (Wildman–Crippen LogP) is 3.72. The van der Waals surface area contributed by atoms with Crippen LogP contribution in [0.4, 0.5) is 10.5 Å². The fraction of sp³-hybridized carbons (Fsp3) is 0.273. The van der Waals surface area contributed by atoms with Gasteiger partial charge < -0.3 is 14.4 Å². The van der Waals surface area contributed by atoms with Crippen LogP contribution in [0.3, 0.4) is 0 Å². The normalized spacial score (nSPS) is 15.0. The molecule has 0 radical (unpaired) electrons. The van der Waals surface area contributed by atoms with E-state index in [2.05, 4.69) is 10.2 Å². The molecule has 7 heteroatoms. The first-order valence-electron chi connectivity index (χ1n) is 9.52. The largest absolute Gasteiger partial charge is 0.497 e. The molecule has 7 nitrogen and oxygen atoms in total. The molecule has 1 aliphatic rings. The number of rotatable bonds is 7. The van der Waals surface area contributed by atoms with Gasteiger partial charge in [0.25, 0.3) is 0 Å². The van der Waals surface area contributed by atoms with Crippen molar-refractivity contribution in [1.29, 1.82) is 0 Å². The van der Waals surface area contributed by atoms with E-state index in [9.17, 15) is 4.79 Å². The molecule has 1 fully saturated rings. The first kappa shape index (κ1) is 19.0. The molecule has 0 bridgehead atoms. The number of hydrogen-bond acceptors (Lipinski definition) is 4. The molecule has 1 aromatic heterocycles. The van der Waals surface area contributed by atoms with Crippen LogP contribution in [0.15, 0.2) is 60.9 Å². The van der Waals surface area contributed by atoms with Gasteiger partial charge in [0, 0.05) is 37.6 Å². The number of aromatic nitrogens is 2. The maximum Gasteiger partial charge on any atom is 0.324 e. The molecule has 1 N–H and O–H groups in total. The zero-order chi connectivity index (χ0) is 20.2. The van der Waals surface area contributed by atoms with E-state index in [0.717, 1.165) is 28.1 Å². The Kier molecular flexibility index (Phi) is 5.48. The molecule has 1 atom stereocenters. The minimum absolute atomic E-state index is 0.00833. The molecule has 0 aliphatic carbocycles. The molecule has 150 valence electrons. The summed E-state index contributed by atoms with van der Waals surface area (Å²) in [6.45, 7) is 1.80. The highest BCUT2D eigenvalue weighted by atomic mass is 16.5. The molecule has 2 amide bonds. The second-order valence-corrected chi connectivity index (χ2v) is 6.92. The Balaban J connectivity index is 1.45. The van der Waals surface area contributed by atoms with E-state index in [0.29, 0.717) is 19.6 Å². The van der Waals surface area contributed by atoms with Gasteiger partial charge in [-0.1, -0.05) is 24.3 Å². The molecule has 0 spiro atoms. The zero-order valence-corrected chi connectivity index (χ0v) is 16.5. The first-order valence-corrected chi connectivity index (χ1v) is 9.52. The van der Waals surface area contributed by atoms with Crippen LogP contribution in [-0.2, 0) is 4.74 Å². The van der Waals surface area contributed by atoms with E-state index in [1.807, 2.05) is 59.6 Å². The fourth-order valence-electron chi connectivity index (χ4n) is 3.59. The zero-order valence-electron chi connectivity index (χ0n) is 16.5. The molecule has 1 saturated heterocycles. The Morgan fingerprint density at radius 3 is 2.62 bits per heavy atom. The lowest BCUT2D eigenvalue weighted by Crippen LogP contribution is -2.35. The van der Waals surface area contributed by atoms with Gasteiger partial charge in [0.1, 0.15) is 5.75 Å². The van der Waals surface area contributed by atoms with Crippen LogP contribution >= 0.6 is 0 Å². The molecule has 0 unspecified atom stereocenters. The summed E-state index contributed by atoms with van der Waals surface area (Å²) in [5.74, 6) is 0.775. The monoisotopic (exact) mass is 392 g/mol. The van der Waals surface area contributed by atoms with Crippen LogP contribution in [-0.4, -0.2) is 55.0 Å². The number of anilines is 1. The van der Waals surface area contributed by atoms with Crippen LogP contribution < -0.4 is 9.64 Å². The Hall–Kier alpha value is -3.32. The highest BCUT2D eigenvalue weighted by molar-refractivity contribution is 5.94. The highest BCUT2D eigenvalue weighted by Crippen LogP contribution is 2.27. The number of carbonyl (C=O) groups excluding carboxylic acids is 1. The van der Waals surface area contributed by atoms with E-state index in [1.165, 1.54) is 0 Å². The van der Waals surface area contributed by atoms with Gasteiger partial charge in [0.15, 0.2) is 0 Å². The maximum atomic E-state index is 13.0. The average molecular weight is 392 g/mol. The van der Waals surface area contributed by atoms with Crippen LogP contribution in [0.5, 0.6) is 5.75 Å². The summed E-state index contributed by atoms with van der Waals surface area (Å²) >= 11 is 0. The number of methoxy groups -OCH3 is 2. The lowest BCUT2D eigenvalue weighted by molar-refractivity contribution is 0.0782. The number of urea groups is 1. The number of nitrogens with one attached hydrogen (secondary N) is 1. The summed E-state index contributed by atoms with van der Waals surface area (Å²) in [4.78, 5) is 16.6. The summed E-state index contributed by atoms with van der Waals surface area (Å²) in [7, 11) is 3.30. The third kappa shape index (κ3) is 3.95. The van der Waals surface area contributed by atoms with Crippen molar-refractivity contribution in [1.82, 2.24) is 15.1 Å². The second-order valence-electron chi connectivity index (χ2n) is 6.92. The summed E-state index contributed by atoms with van der Waals surface area (Å²) in [6.07, 6.45) is 3.42. The number of hydrogen-bond donors (Lipinski definition) is 1. The average Bonchev–Trinajstić information content (AvgIpc) is 3.43. The van der Waals surface area contributed by atoms with Crippen molar-refractivity contribution in [2.24, 2.45) is 0 Å². The lowest BCUT2D eigenvalue weighted by atomic mass is 10.1. The topological polar surface area (TPSA) is 70.7 Å². The molecule has 0 saturated carbocycles. The van der Waals surface area contributed by atoms with Gasteiger partial charge in [-0.25, -0.2) is 4.79 Å². The summed E-state index contributed by atoms with van der Waals surface area (Å²) in [5.41, 5.74) is 3.96. The SMILES string of the molecule is COc1cccc([C@H](CN2CCN(c3ccc(-c4cn[nH]c4)cc3)C2=O)OC)c1. The summed E-state index contributed by atoms with van der Waals surface area (Å²) in [5, 5.41) is 6.79. The molecule has 2 heterocycles. The Morgan fingerprint density at radius 1 is 1.10 bits per heavy atom. The number of nitrogens with zero attached hydrogens (tertiary/aromatic N) is 3. The Bertz CT molecular complexity index is 956. The molecular formula is C22H24N4O3. The third-order valence-electron chi connectivity index (χ3n) is 5.24.